The maximum Gasteiger partial charge on any atom is 0.274 e. The monoisotopic (exact) mass is 513 g/mol. The van der Waals surface area contributed by atoms with Gasteiger partial charge < -0.3 is 53.8 Å². The van der Waals surface area contributed by atoms with Gasteiger partial charge in [0.05, 0.1) is 30.2 Å². The van der Waals surface area contributed by atoms with Gasteiger partial charge in [-0.3, -0.25) is 0 Å². The van der Waals surface area contributed by atoms with Gasteiger partial charge in [-0.15, -0.1) is 0 Å². The predicted octanol–water partition coefficient (Wildman–Crippen LogP) is 2.40. The first kappa shape index (κ1) is 23.1. The molecule has 3 saturated heterocycles. The summed E-state index contributed by atoms with van der Waals surface area (Å²) in [4.78, 5) is 0. The number of aromatic hydroxyl groups is 2. The van der Waals surface area contributed by atoms with E-state index in [1.165, 1.54) is 21.3 Å². The Kier molecular flexibility index (Phi) is 4.41. The molecule has 3 aromatic rings. The average Bonchev–Trinajstić information content (AvgIpc) is 3.57. The highest BCUT2D eigenvalue weighted by Gasteiger charge is 2.92. The number of fused-ring (bicyclic) bond motifs is 8. The van der Waals surface area contributed by atoms with Crippen molar-refractivity contribution in [3.63, 3.8) is 0 Å². The van der Waals surface area contributed by atoms with Crippen molar-refractivity contribution in [2.24, 2.45) is 0 Å². The lowest BCUT2D eigenvalue weighted by Crippen LogP contribution is -2.69. The molecule has 3 aromatic carbocycles. The molecule has 4 heterocycles. The Labute approximate surface area is 211 Å². The molecule has 4 N–H and O–H groups in total. The minimum Gasteiger partial charge on any atom is -0.507 e. The first-order valence-corrected chi connectivity index (χ1v) is 11.9. The highest BCUT2D eigenvalue weighted by atomic mass is 16.9. The van der Waals surface area contributed by atoms with Crippen molar-refractivity contribution in [2.75, 3.05) is 40.3 Å². The molecule has 0 amide bonds. The van der Waals surface area contributed by atoms with Gasteiger partial charge >= 0.3 is 0 Å². The first-order chi connectivity index (χ1) is 17.7. The van der Waals surface area contributed by atoms with Crippen LogP contribution in [0.3, 0.4) is 0 Å². The molecule has 11 heteroatoms. The molecule has 196 valence electrons. The predicted molar refractivity (Wildman–Crippen MR) is 129 cm³/mol. The quantitative estimate of drug-likeness (QED) is 0.173. The number of ether oxygens (including phenoxy) is 7. The summed E-state index contributed by atoms with van der Waals surface area (Å²) in [5.41, 5.74) is 0.488. The van der Waals surface area contributed by atoms with E-state index in [0.717, 1.165) is 0 Å². The topological polar surface area (TPSA) is 141 Å². The second-order valence-electron chi connectivity index (χ2n) is 9.84. The van der Waals surface area contributed by atoms with E-state index in [1.54, 1.807) is 25.2 Å². The number of methoxy groups -OCH3 is 3. The van der Waals surface area contributed by atoms with Gasteiger partial charge in [0.2, 0.25) is 11.9 Å². The number of anilines is 1. The van der Waals surface area contributed by atoms with Gasteiger partial charge in [0.25, 0.3) is 11.6 Å². The zero-order chi connectivity index (χ0) is 26.1. The molecule has 7 rings (SSSR count). The van der Waals surface area contributed by atoms with E-state index in [4.69, 9.17) is 33.2 Å². The van der Waals surface area contributed by atoms with Gasteiger partial charge in [0.1, 0.15) is 23.4 Å². The third-order valence-corrected chi connectivity index (χ3v) is 8.26. The minimum absolute atomic E-state index is 0.0601. The molecular formula is C26H27NO10. The summed E-state index contributed by atoms with van der Waals surface area (Å²) >= 11 is 0. The molecule has 0 aromatic heterocycles. The van der Waals surface area contributed by atoms with Crippen molar-refractivity contribution in [3.8, 4) is 23.0 Å². The van der Waals surface area contributed by atoms with Crippen LogP contribution in [-0.4, -0.2) is 79.9 Å². The second-order valence-corrected chi connectivity index (χ2v) is 9.84. The van der Waals surface area contributed by atoms with Gasteiger partial charge in [0, 0.05) is 37.6 Å². The smallest absolute Gasteiger partial charge is 0.274 e. The largest absolute Gasteiger partial charge is 0.507 e. The van der Waals surface area contributed by atoms with Crippen LogP contribution in [-0.2, 0) is 23.7 Å². The van der Waals surface area contributed by atoms with E-state index in [9.17, 15) is 15.3 Å². The maximum atomic E-state index is 12.0. The van der Waals surface area contributed by atoms with Crippen molar-refractivity contribution >= 4 is 27.2 Å². The van der Waals surface area contributed by atoms with E-state index in [0.29, 0.717) is 38.7 Å². The van der Waals surface area contributed by atoms with Crippen LogP contribution >= 0.6 is 0 Å². The van der Waals surface area contributed by atoms with E-state index >= 15 is 0 Å². The molecule has 0 radical (unpaired) electrons. The molecule has 4 aliphatic rings. The van der Waals surface area contributed by atoms with Crippen molar-refractivity contribution in [1.82, 2.24) is 0 Å². The normalized spacial score (nSPS) is 32.8. The summed E-state index contributed by atoms with van der Waals surface area (Å²) < 4.78 is 41.5. The number of benzene rings is 3. The van der Waals surface area contributed by atoms with E-state index < -0.39 is 35.7 Å². The van der Waals surface area contributed by atoms with Crippen LogP contribution in [0.1, 0.15) is 17.2 Å². The standard InChI is InChI=1S/C26H27NO10/c1-10-8-12-16(18(29)15-11(17(12)28)6-7-13(27-2)19(15)31-3)20-14(10)21-22-25(30,35-20)24(9-34-24)26(36-21,37-22)23(32-4)33-5/h6-8,21-23,27-30H,9H2,1-5H3/t21?,22?,24-,25+,26?/m0/s1. The molecule has 11 nitrogen and oxygen atoms in total. The molecule has 3 unspecified atom stereocenters. The highest BCUT2D eigenvalue weighted by Crippen LogP contribution is 2.71. The molecule has 0 aliphatic carbocycles. The summed E-state index contributed by atoms with van der Waals surface area (Å²) in [6.07, 6.45) is -2.75. The Hall–Kier alpha value is -3.06. The third-order valence-electron chi connectivity index (χ3n) is 8.26. The lowest BCUT2D eigenvalue weighted by molar-refractivity contribution is -0.344. The Morgan fingerprint density at radius 2 is 1.78 bits per heavy atom. The molecule has 37 heavy (non-hydrogen) atoms. The van der Waals surface area contributed by atoms with Gasteiger partial charge in [-0.25, -0.2) is 0 Å². The lowest BCUT2D eigenvalue weighted by Gasteiger charge is -2.47. The van der Waals surface area contributed by atoms with Crippen LogP contribution in [0.15, 0.2) is 18.2 Å². The highest BCUT2D eigenvalue weighted by molar-refractivity contribution is 6.16. The summed E-state index contributed by atoms with van der Waals surface area (Å²) in [5, 5.41) is 39.3. The average molecular weight is 513 g/mol. The zero-order valence-corrected chi connectivity index (χ0v) is 20.9. The van der Waals surface area contributed by atoms with Crippen LogP contribution in [0.25, 0.3) is 21.5 Å². The number of phenolic OH excluding ortho intramolecular Hbond substituents is 2. The maximum absolute atomic E-state index is 12.0. The van der Waals surface area contributed by atoms with Gasteiger partial charge in [-0.1, -0.05) is 0 Å². The van der Waals surface area contributed by atoms with Crippen LogP contribution in [0, 0.1) is 6.92 Å². The third kappa shape index (κ3) is 2.35. The molecular weight excluding hydrogens is 486 g/mol. The first-order valence-electron chi connectivity index (χ1n) is 11.9. The number of rotatable bonds is 5. The zero-order valence-electron chi connectivity index (χ0n) is 20.9. The van der Waals surface area contributed by atoms with E-state index in [2.05, 4.69) is 5.32 Å². The summed E-state index contributed by atoms with van der Waals surface area (Å²) in [5.74, 6) is -3.26. The second kappa shape index (κ2) is 7.07. The van der Waals surface area contributed by atoms with Gasteiger partial charge in [0.15, 0.2) is 11.9 Å². The van der Waals surface area contributed by atoms with Crippen LogP contribution in [0.2, 0.25) is 0 Å². The fourth-order valence-corrected chi connectivity index (χ4v) is 6.56. The Balaban J connectivity index is 1.55. The van der Waals surface area contributed by atoms with Gasteiger partial charge in [-0.05, 0) is 30.7 Å². The number of nitrogens with one attached hydrogen (secondary N) is 1. The van der Waals surface area contributed by atoms with E-state index in [1.807, 2.05) is 6.92 Å². The molecule has 0 saturated carbocycles. The SMILES string of the molecule is CNc1ccc2c(O)c3cc(C)c4c(c3c(O)c2c1OC)O[C@]1(O)C2OC(C(OC)OC)(OC42)[C@]12CO2. The van der Waals surface area contributed by atoms with E-state index in [-0.39, 0.29) is 29.2 Å². The molecule has 3 fully saturated rings. The van der Waals surface area contributed by atoms with Crippen molar-refractivity contribution < 1.29 is 48.5 Å². The van der Waals surface area contributed by atoms with Crippen molar-refractivity contribution in [2.45, 2.75) is 42.6 Å². The number of phenols is 2. The number of epoxide rings is 1. The minimum atomic E-state index is -1.98. The fourth-order valence-electron chi connectivity index (χ4n) is 6.56. The van der Waals surface area contributed by atoms with Crippen molar-refractivity contribution in [3.05, 3.63) is 29.3 Å². The number of aliphatic hydroxyl groups is 1. The lowest BCUT2D eigenvalue weighted by atomic mass is 9.79. The van der Waals surface area contributed by atoms with Crippen LogP contribution in [0.5, 0.6) is 23.0 Å². The molecule has 5 atom stereocenters. The molecule has 4 aliphatic heterocycles. The molecule has 1 spiro atoms. The van der Waals surface area contributed by atoms with Gasteiger partial charge in [-0.2, -0.15) is 0 Å². The van der Waals surface area contributed by atoms with Crippen molar-refractivity contribution in [1.29, 1.82) is 0 Å². The Morgan fingerprint density at radius 3 is 2.41 bits per heavy atom. The Bertz CT molecular complexity index is 1500. The van der Waals surface area contributed by atoms with Crippen LogP contribution in [0.4, 0.5) is 5.69 Å². The summed E-state index contributed by atoms with van der Waals surface area (Å²) in [6.45, 7) is 1.92. The van der Waals surface area contributed by atoms with Crippen LogP contribution < -0.4 is 14.8 Å². The number of hydrogen-bond donors (Lipinski definition) is 4. The fraction of sp³-hybridized carbons (Fsp3) is 0.462. The number of hydrogen-bond acceptors (Lipinski definition) is 11. The summed E-state index contributed by atoms with van der Waals surface area (Å²) in [6, 6.07) is 5.22. The Morgan fingerprint density at radius 1 is 1.05 bits per heavy atom. The summed E-state index contributed by atoms with van der Waals surface area (Å²) in [7, 11) is 6.11. The molecule has 2 bridgehead atoms. The number of aryl methyl sites for hydroxylation is 1.